The predicted molar refractivity (Wildman–Crippen MR) is 114 cm³/mol. The van der Waals surface area contributed by atoms with Gasteiger partial charge in [0.2, 0.25) is 5.88 Å². The Balaban J connectivity index is 1.35. The van der Waals surface area contributed by atoms with Crippen LogP contribution in [0.3, 0.4) is 0 Å². The first-order valence-corrected chi connectivity index (χ1v) is 10.8. The number of aromatic hydroxyl groups is 1. The summed E-state index contributed by atoms with van der Waals surface area (Å²) >= 11 is 0. The van der Waals surface area contributed by atoms with E-state index in [9.17, 15) is 15.0 Å². The Labute approximate surface area is 180 Å². The van der Waals surface area contributed by atoms with E-state index in [1.54, 1.807) is 24.3 Å². The Kier molecular flexibility index (Phi) is 5.33. The summed E-state index contributed by atoms with van der Waals surface area (Å²) in [4.78, 5) is 23.0. The second-order valence-corrected chi connectivity index (χ2v) is 8.40. The second kappa shape index (κ2) is 8.28. The van der Waals surface area contributed by atoms with Crippen molar-refractivity contribution in [1.29, 1.82) is 0 Å². The van der Waals surface area contributed by atoms with E-state index >= 15 is 0 Å². The number of piperidine rings is 1. The smallest absolute Gasteiger partial charge is 0.335 e. The number of carboxylic acids is 1. The van der Waals surface area contributed by atoms with Crippen LogP contribution in [0, 0.1) is 0 Å². The third-order valence-electron chi connectivity index (χ3n) is 6.38. The summed E-state index contributed by atoms with van der Waals surface area (Å²) in [5.74, 6) is 0.442. The average Bonchev–Trinajstić information content (AvgIpc) is 3.07. The van der Waals surface area contributed by atoms with E-state index in [1.165, 1.54) is 0 Å². The molecule has 0 bridgehead atoms. The first-order valence-electron chi connectivity index (χ1n) is 10.8. The van der Waals surface area contributed by atoms with E-state index in [4.69, 9.17) is 9.72 Å². The maximum Gasteiger partial charge on any atom is 0.335 e. The topological polar surface area (TPSA) is 101 Å². The summed E-state index contributed by atoms with van der Waals surface area (Å²) in [6, 6.07) is 10.6. The van der Waals surface area contributed by atoms with Crippen LogP contribution in [-0.2, 0) is 17.8 Å². The molecular formula is C23H26N4O4. The highest BCUT2D eigenvalue weighted by molar-refractivity contribution is 5.92. The SMILES string of the molecule is O=C(O)c1ccc2nc(CN3CCC(c4cccc(O)n4)CC3)n(CC3CCO3)c2c1. The van der Waals surface area contributed by atoms with Gasteiger partial charge in [-0.2, -0.15) is 0 Å². The number of hydrogen-bond acceptors (Lipinski definition) is 6. The Morgan fingerprint density at radius 2 is 1.94 bits per heavy atom. The molecule has 2 aliphatic heterocycles. The molecule has 2 N–H and O–H groups in total. The van der Waals surface area contributed by atoms with Crippen molar-refractivity contribution in [3.8, 4) is 5.88 Å². The molecule has 4 heterocycles. The van der Waals surface area contributed by atoms with Gasteiger partial charge < -0.3 is 19.5 Å². The molecule has 0 amide bonds. The van der Waals surface area contributed by atoms with Gasteiger partial charge in [0.1, 0.15) is 5.82 Å². The minimum absolute atomic E-state index is 0.0765. The van der Waals surface area contributed by atoms with Crippen LogP contribution in [0.1, 0.15) is 47.1 Å². The molecule has 0 spiro atoms. The quantitative estimate of drug-likeness (QED) is 0.630. The van der Waals surface area contributed by atoms with Crippen molar-refractivity contribution in [1.82, 2.24) is 19.4 Å². The molecule has 5 rings (SSSR count). The second-order valence-electron chi connectivity index (χ2n) is 8.40. The summed E-state index contributed by atoms with van der Waals surface area (Å²) in [5.41, 5.74) is 2.90. The minimum atomic E-state index is -0.932. The lowest BCUT2D eigenvalue weighted by Gasteiger charge is -2.32. The van der Waals surface area contributed by atoms with Gasteiger partial charge in [0.15, 0.2) is 0 Å². The highest BCUT2D eigenvalue weighted by atomic mass is 16.5. The third kappa shape index (κ3) is 4.13. The van der Waals surface area contributed by atoms with Crippen molar-refractivity contribution in [2.75, 3.05) is 19.7 Å². The van der Waals surface area contributed by atoms with Crippen LogP contribution in [0.15, 0.2) is 36.4 Å². The number of likely N-dealkylation sites (tertiary alicyclic amines) is 1. The fourth-order valence-electron chi connectivity index (χ4n) is 4.52. The maximum absolute atomic E-state index is 11.5. The molecular weight excluding hydrogens is 396 g/mol. The summed E-state index contributed by atoms with van der Waals surface area (Å²) < 4.78 is 7.78. The zero-order chi connectivity index (χ0) is 21.4. The highest BCUT2D eigenvalue weighted by Crippen LogP contribution is 2.29. The predicted octanol–water partition coefficient (Wildman–Crippen LogP) is 3.00. The molecule has 0 saturated carbocycles. The average molecular weight is 422 g/mol. The molecule has 2 fully saturated rings. The molecule has 0 radical (unpaired) electrons. The largest absolute Gasteiger partial charge is 0.493 e. The van der Waals surface area contributed by atoms with E-state index in [2.05, 4.69) is 14.5 Å². The molecule has 8 nitrogen and oxygen atoms in total. The van der Waals surface area contributed by atoms with Gasteiger partial charge in [-0.3, -0.25) is 4.90 Å². The van der Waals surface area contributed by atoms with E-state index in [-0.39, 0.29) is 17.5 Å². The van der Waals surface area contributed by atoms with Gasteiger partial charge in [-0.15, -0.1) is 0 Å². The van der Waals surface area contributed by atoms with Crippen molar-refractivity contribution in [2.24, 2.45) is 0 Å². The van der Waals surface area contributed by atoms with Gasteiger partial charge in [0, 0.05) is 24.3 Å². The number of ether oxygens (including phenoxy) is 1. The molecule has 1 aromatic carbocycles. The van der Waals surface area contributed by atoms with Crippen LogP contribution in [0.25, 0.3) is 11.0 Å². The minimum Gasteiger partial charge on any atom is -0.493 e. The fourth-order valence-corrected chi connectivity index (χ4v) is 4.52. The van der Waals surface area contributed by atoms with Crippen LogP contribution in [0.2, 0.25) is 0 Å². The monoisotopic (exact) mass is 422 g/mol. The molecule has 1 atom stereocenters. The number of imidazole rings is 1. The number of benzene rings is 1. The van der Waals surface area contributed by atoms with Crippen LogP contribution in [0.5, 0.6) is 5.88 Å². The fraction of sp³-hybridized carbons (Fsp3) is 0.435. The van der Waals surface area contributed by atoms with E-state index in [0.29, 0.717) is 19.0 Å². The molecule has 1 unspecified atom stereocenters. The lowest BCUT2D eigenvalue weighted by Crippen LogP contribution is -2.35. The van der Waals surface area contributed by atoms with Crippen molar-refractivity contribution in [3.63, 3.8) is 0 Å². The molecule has 0 aliphatic carbocycles. The first-order chi connectivity index (χ1) is 15.1. The number of fused-ring (bicyclic) bond motifs is 1. The Morgan fingerprint density at radius 3 is 2.61 bits per heavy atom. The standard InChI is InChI=1S/C23H26N4O4/c28-22-3-1-2-18(25-22)15-6-9-26(10-7-15)14-21-24-19-5-4-16(23(29)30)12-20(19)27(21)13-17-8-11-31-17/h1-5,12,15,17H,6-11,13-14H2,(H,25,28)(H,29,30). The summed E-state index contributed by atoms with van der Waals surface area (Å²) in [6.07, 6.45) is 3.13. The van der Waals surface area contributed by atoms with Gasteiger partial charge in [0.25, 0.3) is 0 Å². The zero-order valence-electron chi connectivity index (χ0n) is 17.3. The molecule has 2 saturated heterocycles. The Morgan fingerprint density at radius 1 is 1.13 bits per heavy atom. The van der Waals surface area contributed by atoms with Crippen molar-refractivity contribution in [3.05, 3.63) is 53.5 Å². The number of aromatic nitrogens is 3. The van der Waals surface area contributed by atoms with Gasteiger partial charge in [0.05, 0.1) is 35.8 Å². The van der Waals surface area contributed by atoms with Crippen LogP contribution < -0.4 is 0 Å². The zero-order valence-corrected chi connectivity index (χ0v) is 17.3. The van der Waals surface area contributed by atoms with E-state index in [1.807, 2.05) is 12.1 Å². The van der Waals surface area contributed by atoms with Crippen LogP contribution in [0.4, 0.5) is 0 Å². The summed E-state index contributed by atoms with van der Waals surface area (Å²) in [6.45, 7) is 4.03. The van der Waals surface area contributed by atoms with Gasteiger partial charge in [-0.25, -0.2) is 14.8 Å². The molecule has 31 heavy (non-hydrogen) atoms. The van der Waals surface area contributed by atoms with Crippen molar-refractivity contribution >= 4 is 17.0 Å². The van der Waals surface area contributed by atoms with Crippen LogP contribution >= 0.6 is 0 Å². The van der Waals surface area contributed by atoms with Gasteiger partial charge in [-0.1, -0.05) is 6.07 Å². The Hall–Kier alpha value is -2.97. The number of aromatic carboxylic acids is 1. The number of rotatable bonds is 6. The Bertz CT molecular complexity index is 1100. The number of nitrogens with zero attached hydrogens (tertiary/aromatic N) is 4. The van der Waals surface area contributed by atoms with E-state index < -0.39 is 5.97 Å². The highest BCUT2D eigenvalue weighted by Gasteiger charge is 2.26. The molecule has 2 aromatic heterocycles. The number of pyridine rings is 1. The number of carbonyl (C=O) groups is 1. The summed E-state index contributed by atoms with van der Waals surface area (Å²) in [7, 11) is 0. The normalized spacial score (nSPS) is 20.1. The lowest BCUT2D eigenvalue weighted by atomic mass is 9.93. The number of carboxylic acid groups (broad SMARTS) is 1. The van der Waals surface area contributed by atoms with Crippen molar-refractivity contribution in [2.45, 2.75) is 44.4 Å². The van der Waals surface area contributed by atoms with Gasteiger partial charge in [-0.05, 0) is 56.6 Å². The molecule has 2 aliphatic rings. The van der Waals surface area contributed by atoms with Crippen molar-refractivity contribution < 1.29 is 19.7 Å². The molecule has 162 valence electrons. The molecule has 8 heteroatoms. The maximum atomic E-state index is 11.5. The van der Waals surface area contributed by atoms with Gasteiger partial charge >= 0.3 is 5.97 Å². The molecule has 3 aromatic rings. The van der Waals surface area contributed by atoms with Crippen LogP contribution in [-0.4, -0.2) is 61.4 Å². The lowest BCUT2D eigenvalue weighted by molar-refractivity contribution is -0.0592. The number of hydrogen-bond donors (Lipinski definition) is 2. The first kappa shape index (κ1) is 20.0. The van der Waals surface area contributed by atoms with E-state index in [0.717, 1.165) is 61.5 Å². The third-order valence-corrected chi connectivity index (χ3v) is 6.38. The summed E-state index contributed by atoms with van der Waals surface area (Å²) in [5, 5.41) is 19.1.